The standard InChI is InChI=1S/C16H32N2/c1-4-17-16-7-5-6-15(16)10-11-18-12-13(2)8-9-14(18)3/h13-17H,4-12H2,1-3H3. The van der Waals surface area contributed by atoms with Gasteiger partial charge in [0.15, 0.2) is 0 Å². The van der Waals surface area contributed by atoms with Crippen molar-refractivity contribution in [2.75, 3.05) is 19.6 Å². The molecule has 4 atom stereocenters. The van der Waals surface area contributed by atoms with E-state index in [1.807, 2.05) is 0 Å². The topological polar surface area (TPSA) is 15.3 Å². The fourth-order valence-electron chi connectivity index (χ4n) is 3.94. The van der Waals surface area contributed by atoms with Gasteiger partial charge in [0, 0.05) is 18.6 Å². The Kier molecular flexibility index (Phi) is 5.50. The van der Waals surface area contributed by atoms with Crippen LogP contribution >= 0.6 is 0 Å². The van der Waals surface area contributed by atoms with Gasteiger partial charge in [-0.25, -0.2) is 0 Å². The second-order valence-corrected chi connectivity index (χ2v) is 6.67. The Balaban J connectivity index is 1.76. The molecule has 2 fully saturated rings. The third-order valence-corrected chi connectivity index (χ3v) is 5.16. The Bertz CT molecular complexity index is 241. The Morgan fingerprint density at radius 2 is 1.94 bits per heavy atom. The normalized spacial score (nSPS) is 38.2. The van der Waals surface area contributed by atoms with Gasteiger partial charge in [0.2, 0.25) is 0 Å². The minimum absolute atomic E-state index is 0.813. The van der Waals surface area contributed by atoms with Crippen molar-refractivity contribution >= 4 is 0 Å². The summed E-state index contributed by atoms with van der Waals surface area (Å²) in [4.78, 5) is 2.75. The maximum atomic E-state index is 3.68. The third kappa shape index (κ3) is 3.71. The van der Waals surface area contributed by atoms with E-state index in [4.69, 9.17) is 0 Å². The minimum atomic E-state index is 0.813. The Morgan fingerprint density at radius 3 is 2.72 bits per heavy atom. The highest BCUT2D eigenvalue weighted by Crippen LogP contribution is 2.30. The second kappa shape index (κ2) is 6.91. The molecule has 4 unspecified atom stereocenters. The van der Waals surface area contributed by atoms with Crippen molar-refractivity contribution in [3.63, 3.8) is 0 Å². The van der Waals surface area contributed by atoms with Gasteiger partial charge in [0.1, 0.15) is 0 Å². The van der Waals surface area contributed by atoms with Crippen LogP contribution in [0.3, 0.4) is 0 Å². The summed E-state index contributed by atoms with van der Waals surface area (Å²) in [6.07, 6.45) is 8.55. The maximum absolute atomic E-state index is 3.68. The molecule has 1 heterocycles. The highest BCUT2D eigenvalue weighted by molar-refractivity contribution is 4.85. The Morgan fingerprint density at radius 1 is 1.11 bits per heavy atom. The molecule has 1 N–H and O–H groups in total. The zero-order chi connectivity index (χ0) is 13.0. The van der Waals surface area contributed by atoms with Crippen molar-refractivity contribution in [3.8, 4) is 0 Å². The Labute approximate surface area is 114 Å². The van der Waals surface area contributed by atoms with Crippen molar-refractivity contribution in [2.45, 2.75) is 71.4 Å². The van der Waals surface area contributed by atoms with Gasteiger partial charge in [-0.1, -0.05) is 20.3 Å². The van der Waals surface area contributed by atoms with Crippen molar-refractivity contribution < 1.29 is 0 Å². The van der Waals surface area contributed by atoms with E-state index < -0.39 is 0 Å². The molecule has 0 radical (unpaired) electrons. The van der Waals surface area contributed by atoms with Crippen LogP contribution in [0.2, 0.25) is 0 Å². The number of piperidine rings is 1. The molecule has 18 heavy (non-hydrogen) atoms. The highest BCUT2D eigenvalue weighted by Gasteiger charge is 2.28. The van der Waals surface area contributed by atoms with Crippen LogP contribution < -0.4 is 5.32 Å². The number of nitrogens with one attached hydrogen (secondary N) is 1. The van der Waals surface area contributed by atoms with Gasteiger partial charge >= 0.3 is 0 Å². The lowest BCUT2D eigenvalue weighted by molar-refractivity contribution is 0.115. The van der Waals surface area contributed by atoms with Gasteiger partial charge in [0.05, 0.1) is 0 Å². The van der Waals surface area contributed by atoms with Gasteiger partial charge in [-0.2, -0.15) is 0 Å². The van der Waals surface area contributed by atoms with Crippen LogP contribution in [0.25, 0.3) is 0 Å². The maximum Gasteiger partial charge on any atom is 0.00956 e. The van der Waals surface area contributed by atoms with Crippen LogP contribution in [-0.4, -0.2) is 36.6 Å². The summed E-state index contributed by atoms with van der Waals surface area (Å²) in [5.41, 5.74) is 0. The summed E-state index contributed by atoms with van der Waals surface area (Å²) in [6.45, 7) is 10.9. The SMILES string of the molecule is CCNC1CCCC1CCN1CC(C)CCC1C. The van der Waals surface area contributed by atoms with Gasteiger partial charge in [-0.3, -0.25) is 0 Å². The summed E-state index contributed by atoms with van der Waals surface area (Å²) in [6, 6.07) is 1.63. The highest BCUT2D eigenvalue weighted by atomic mass is 15.2. The fraction of sp³-hybridized carbons (Fsp3) is 1.00. The quantitative estimate of drug-likeness (QED) is 0.808. The zero-order valence-corrected chi connectivity index (χ0v) is 12.6. The average Bonchev–Trinajstić information content (AvgIpc) is 2.78. The summed E-state index contributed by atoms with van der Waals surface area (Å²) >= 11 is 0. The molecular formula is C16H32N2. The molecule has 0 aromatic heterocycles. The molecule has 2 heteroatoms. The van der Waals surface area contributed by atoms with Crippen LogP contribution in [0.15, 0.2) is 0 Å². The van der Waals surface area contributed by atoms with Gasteiger partial charge in [-0.15, -0.1) is 0 Å². The van der Waals surface area contributed by atoms with E-state index in [2.05, 4.69) is 31.0 Å². The molecular weight excluding hydrogens is 220 g/mol. The van der Waals surface area contributed by atoms with Crippen LogP contribution in [0.5, 0.6) is 0 Å². The number of rotatable bonds is 5. The van der Waals surface area contributed by atoms with Crippen LogP contribution in [-0.2, 0) is 0 Å². The van der Waals surface area contributed by atoms with Gasteiger partial charge in [-0.05, 0) is 64.0 Å². The van der Waals surface area contributed by atoms with Crippen molar-refractivity contribution in [3.05, 3.63) is 0 Å². The van der Waals surface area contributed by atoms with E-state index in [0.717, 1.165) is 30.5 Å². The molecule has 0 spiro atoms. The van der Waals surface area contributed by atoms with Gasteiger partial charge < -0.3 is 10.2 Å². The second-order valence-electron chi connectivity index (χ2n) is 6.67. The largest absolute Gasteiger partial charge is 0.314 e. The summed E-state index contributed by atoms with van der Waals surface area (Å²) in [5, 5.41) is 3.68. The molecule has 1 saturated heterocycles. The first-order valence-corrected chi connectivity index (χ1v) is 8.18. The first kappa shape index (κ1) is 14.3. The minimum Gasteiger partial charge on any atom is -0.314 e. The first-order chi connectivity index (χ1) is 8.70. The van der Waals surface area contributed by atoms with E-state index in [0.29, 0.717) is 0 Å². The number of hydrogen-bond acceptors (Lipinski definition) is 2. The summed E-state index contributed by atoms with van der Waals surface area (Å²) in [7, 11) is 0. The lowest BCUT2D eigenvalue weighted by Crippen LogP contribution is -2.43. The Hall–Kier alpha value is -0.0800. The smallest absolute Gasteiger partial charge is 0.00956 e. The molecule has 1 aliphatic carbocycles. The summed E-state index contributed by atoms with van der Waals surface area (Å²) < 4.78 is 0. The lowest BCUT2D eigenvalue weighted by Gasteiger charge is -2.37. The van der Waals surface area contributed by atoms with Crippen molar-refractivity contribution in [1.82, 2.24) is 10.2 Å². The molecule has 0 aromatic carbocycles. The predicted molar refractivity (Wildman–Crippen MR) is 78.9 cm³/mol. The number of hydrogen-bond donors (Lipinski definition) is 1. The molecule has 1 aliphatic heterocycles. The molecule has 2 nitrogen and oxygen atoms in total. The van der Waals surface area contributed by atoms with E-state index in [-0.39, 0.29) is 0 Å². The molecule has 2 aliphatic rings. The first-order valence-electron chi connectivity index (χ1n) is 8.18. The lowest BCUT2D eigenvalue weighted by atomic mass is 9.93. The third-order valence-electron chi connectivity index (χ3n) is 5.16. The fourth-order valence-corrected chi connectivity index (χ4v) is 3.94. The molecule has 1 saturated carbocycles. The van der Waals surface area contributed by atoms with E-state index in [1.165, 1.54) is 51.6 Å². The van der Waals surface area contributed by atoms with Crippen LogP contribution in [0.1, 0.15) is 59.3 Å². The zero-order valence-electron chi connectivity index (χ0n) is 12.6. The predicted octanol–water partition coefficient (Wildman–Crippen LogP) is 3.28. The molecule has 2 rings (SSSR count). The van der Waals surface area contributed by atoms with E-state index >= 15 is 0 Å². The molecule has 0 amide bonds. The van der Waals surface area contributed by atoms with E-state index in [1.54, 1.807) is 0 Å². The average molecular weight is 252 g/mol. The number of likely N-dealkylation sites (tertiary alicyclic amines) is 1. The molecule has 106 valence electrons. The molecule has 0 aromatic rings. The van der Waals surface area contributed by atoms with Crippen LogP contribution in [0, 0.1) is 11.8 Å². The van der Waals surface area contributed by atoms with Gasteiger partial charge in [0.25, 0.3) is 0 Å². The monoisotopic (exact) mass is 252 g/mol. The molecule has 0 bridgehead atoms. The van der Waals surface area contributed by atoms with Crippen molar-refractivity contribution in [2.24, 2.45) is 11.8 Å². The summed E-state index contributed by atoms with van der Waals surface area (Å²) in [5.74, 6) is 1.85. The number of nitrogens with zero attached hydrogens (tertiary/aromatic N) is 1. The van der Waals surface area contributed by atoms with Crippen molar-refractivity contribution in [1.29, 1.82) is 0 Å². The van der Waals surface area contributed by atoms with E-state index in [9.17, 15) is 0 Å². The van der Waals surface area contributed by atoms with Crippen LogP contribution in [0.4, 0.5) is 0 Å².